The molecule has 142 valence electrons. The van der Waals surface area contributed by atoms with Crippen molar-refractivity contribution in [2.24, 2.45) is 0 Å². The molecular formula is C17H22N2O7. The molecule has 0 spiro atoms. The van der Waals surface area contributed by atoms with E-state index in [0.29, 0.717) is 6.42 Å². The monoisotopic (exact) mass is 366 g/mol. The maximum atomic E-state index is 12.2. The number of ether oxygens (including phenoxy) is 1. The molecule has 0 aliphatic heterocycles. The molecule has 0 bridgehead atoms. The van der Waals surface area contributed by atoms with Gasteiger partial charge in [-0.15, -0.1) is 0 Å². The summed E-state index contributed by atoms with van der Waals surface area (Å²) < 4.78 is 9.48. The van der Waals surface area contributed by atoms with Crippen LogP contribution in [0.25, 0.3) is 0 Å². The van der Waals surface area contributed by atoms with E-state index < -0.39 is 30.1 Å². The van der Waals surface area contributed by atoms with Gasteiger partial charge in [-0.2, -0.15) is 0 Å². The number of aliphatic hydroxyl groups excluding tert-OH is 2. The minimum atomic E-state index is -1.25. The zero-order valence-corrected chi connectivity index (χ0v) is 14.3. The summed E-state index contributed by atoms with van der Waals surface area (Å²) >= 11 is 0. The summed E-state index contributed by atoms with van der Waals surface area (Å²) in [5.41, 5.74) is 0.241. The first-order chi connectivity index (χ1) is 12.4. The number of methoxy groups -OCH3 is 1. The highest BCUT2D eigenvalue weighted by Gasteiger charge is 2.34. The molecule has 0 saturated carbocycles. The molecule has 0 fully saturated rings. The van der Waals surface area contributed by atoms with Crippen LogP contribution in [0, 0.1) is 0 Å². The van der Waals surface area contributed by atoms with Crippen LogP contribution in [0.3, 0.4) is 0 Å². The third-order valence-electron chi connectivity index (χ3n) is 3.98. The predicted molar refractivity (Wildman–Crippen MR) is 88.9 cm³/mol. The van der Waals surface area contributed by atoms with Gasteiger partial charge < -0.3 is 30.0 Å². The molecule has 1 aromatic rings. The topological polar surface area (TPSA) is 138 Å². The van der Waals surface area contributed by atoms with Gasteiger partial charge >= 0.3 is 5.97 Å². The third kappa shape index (κ3) is 5.17. The van der Waals surface area contributed by atoms with E-state index in [2.05, 4.69) is 15.4 Å². The van der Waals surface area contributed by atoms with E-state index in [9.17, 15) is 24.6 Å². The SMILES string of the molecule is COC(=O)CCCNC(=O)C1=CC(NC(=O)c2ccco2)C(O)C(O)C1. The van der Waals surface area contributed by atoms with E-state index in [1.54, 1.807) is 6.07 Å². The Hall–Kier alpha value is -2.65. The van der Waals surface area contributed by atoms with Crippen LogP contribution in [0.2, 0.25) is 0 Å². The van der Waals surface area contributed by atoms with Gasteiger partial charge in [-0.1, -0.05) is 6.08 Å². The van der Waals surface area contributed by atoms with E-state index >= 15 is 0 Å². The van der Waals surface area contributed by atoms with Crippen LogP contribution < -0.4 is 10.6 Å². The molecule has 1 aliphatic rings. The molecule has 0 aromatic carbocycles. The molecule has 26 heavy (non-hydrogen) atoms. The lowest BCUT2D eigenvalue weighted by Crippen LogP contribution is -2.51. The van der Waals surface area contributed by atoms with Crippen molar-refractivity contribution in [1.29, 1.82) is 0 Å². The van der Waals surface area contributed by atoms with Gasteiger partial charge in [0.2, 0.25) is 5.91 Å². The van der Waals surface area contributed by atoms with Gasteiger partial charge in [0.05, 0.1) is 25.5 Å². The van der Waals surface area contributed by atoms with Crippen LogP contribution in [0.15, 0.2) is 34.5 Å². The number of rotatable bonds is 7. The lowest BCUT2D eigenvalue weighted by Gasteiger charge is -2.30. The van der Waals surface area contributed by atoms with Crippen molar-refractivity contribution in [3.63, 3.8) is 0 Å². The van der Waals surface area contributed by atoms with Crippen molar-refractivity contribution >= 4 is 17.8 Å². The highest BCUT2D eigenvalue weighted by Crippen LogP contribution is 2.20. The number of hydrogen-bond acceptors (Lipinski definition) is 7. The molecule has 4 N–H and O–H groups in total. The van der Waals surface area contributed by atoms with Crippen LogP contribution in [0.4, 0.5) is 0 Å². The Balaban J connectivity index is 1.95. The van der Waals surface area contributed by atoms with Crippen molar-refractivity contribution in [2.75, 3.05) is 13.7 Å². The average Bonchev–Trinajstić information content (AvgIpc) is 3.16. The smallest absolute Gasteiger partial charge is 0.305 e. The van der Waals surface area contributed by atoms with E-state index in [4.69, 9.17) is 4.42 Å². The lowest BCUT2D eigenvalue weighted by molar-refractivity contribution is -0.140. The summed E-state index contributed by atoms with van der Waals surface area (Å²) in [5.74, 6) is -1.31. The average molecular weight is 366 g/mol. The number of amides is 2. The minimum absolute atomic E-state index is 0.0445. The molecule has 3 atom stereocenters. The lowest BCUT2D eigenvalue weighted by atomic mass is 9.90. The van der Waals surface area contributed by atoms with Crippen molar-refractivity contribution in [3.8, 4) is 0 Å². The highest BCUT2D eigenvalue weighted by molar-refractivity contribution is 5.95. The van der Waals surface area contributed by atoms with Crippen LogP contribution in [0.5, 0.6) is 0 Å². The van der Waals surface area contributed by atoms with Crippen molar-refractivity contribution in [1.82, 2.24) is 10.6 Å². The largest absolute Gasteiger partial charge is 0.469 e. The number of furan rings is 1. The van der Waals surface area contributed by atoms with Gasteiger partial charge in [0.1, 0.15) is 6.10 Å². The molecule has 2 rings (SSSR count). The fourth-order valence-corrected chi connectivity index (χ4v) is 2.54. The molecular weight excluding hydrogens is 344 g/mol. The summed E-state index contributed by atoms with van der Waals surface area (Å²) in [5, 5.41) is 25.2. The van der Waals surface area contributed by atoms with Gasteiger partial charge in [0.25, 0.3) is 5.91 Å². The molecule has 9 heteroatoms. The predicted octanol–water partition coefficient (Wildman–Crippen LogP) is -0.501. The summed E-state index contributed by atoms with van der Waals surface area (Å²) in [7, 11) is 1.29. The Bertz CT molecular complexity index is 669. The number of esters is 1. The second-order valence-electron chi connectivity index (χ2n) is 5.87. The minimum Gasteiger partial charge on any atom is -0.469 e. The van der Waals surface area contributed by atoms with Crippen molar-refractivity contribution in [2.45, 2.75) is 37.5 Å². The van der Waals surface area contributed by atoms with E-state index in [1.165, 1.54) is 25.5 Å². The summed E-state index contributed by atoms with van der Waals surface area (Å²) in [6.45, 7) is 0.257. The first kappa shape index (κ1) is 19.7. The van der Waals surface area contributed by atoms with Crippen LogP contribution >= 0.6 is 0 Å². The van der Waals surface area contributed by atoms with Crippen molar-refractivity contribution in [3.05, 3.63) is 35.8 Å². The number of hydrogen-bond donors (Lipinski definition) is 4. The number of carbonyl (C=O) groups excluding carboxylic acids is 3. The molecule has 0 radical (unpaired) electrons. The maximum Gasteiger partial charge on any atom is 0.305 e. The fraction of sp³-hybridized carbons (Fsp3) is 0.471. The van der Waals surface area contributed by atoms with Crippen LogP contribution in [-0.2, 0) is 14.3 Å². The number of nitrogens with one attached hydrogen (secondary N) is 2. The Morgan fingerprint density at radius 2 is 2.08 bits per heavy atom. The number of carbonyl (C=O) groups is 3. The molecule has 0 saturated heterocycles. The molecule has 2 amide bonds. The summed E-state index contributed by atoms with van der Waals surface area (Å²) in [6.07, 6.45) is 0.853. The summed E-state index contributed by atoms with van der Waals surface area (Å²) in [6, 6.07) is 2.07. The Labute approximate surface area is 150 Å². The summed E-state index contributed by atoms with van der Waals surface area (Å²) in [4.78, 5) is 35.3. The molecule has 1 heterocycles. The standard InChI is InChI=1S/C17H22N2O7/c1-25-14(21)5-2-6-18-16(23)10-8-11(15(22)12(20)9-10)19-17(24)13-4-3-7-26-13/h3-4,7-8,11-12,15,20,22H,2,5-6,9H2,1H3,(H,18,23)(H,19,24). The van der Waals surface area contributed by atoms with Gasteiger partial charge in [-0.25, -0.2) is 0 Å². The van der Waals surface area contributed by atoms with E-state index in [-0.39, 0.29) is 36.7 Å². The molecule has 1 aliphatic carbocycles. The van der Waals surface area contributed by atoms with Gasteiger partial charge in [-0.05, 0) is 18.6 Å². The normalized spacial score (nSPS) is 22.3. The van der Waals surface area contributed by atoms with Crippen molar-refractivity contribution < 1.29 is 33.8 Å². The van der Waals surface area contributed by atoms with E-state index in [0.717, 1.165) is 0 Å². The Morgan fingerprint density at radius 3 is 2.73 bits per heavy atom. The maximum absolute atomic E-state index is 12.2. The second-order valence-corrected chi connectivity index (χ2v) is 5.87. The Morgan fingerprint density at radius 1 is 1.31 bits per heavy atom. The highest BCUT2D eigenvalue weighted by atomic mass is 16.5. The molecule has 9 nitrogen and oxygen atoms in total. The molecule has 3 unspecified atom stereocenters. The van der Waals surface area contributed by atoms with Crippen LogP contribution in [-0.4, -0.2) is 59.9 Å². The number of aliphatic hydroxyl groups is 2. The van der Waals surface area contributed by atoms with Gasteiger partial charge in [0.15, 0.2) is 5.76 Å². The zero-order valence-electron chi connectivity index (χ0n) is 14.3. The third-order valence-corrected chi connectivity index (χ3v) is 3.98. The molecule has 1 aromatic heterocycles. The Kier molecular flexibility index (Phi) is 6.93. The first-order valence-corrected chi connectivity index (χ1v) is 8.18. The van der Waals surface area contributed by atoms with Gasteiger partial charge in [-0.3, -0.25) is 14.4 Å². The first-order valence-electron chi connectivity index (χ1n) is 8.18. The zero-order chi connectivity index (χ0) is 19.1. The quantitative estimate of drug-likeness (QED) is 0.377. The van der Waals surface area contributed by atoms with Gasteiger partial charge in [0, 0.05) is 25.0 Å². The fourth-order valence-electron chi connectivity index (χ4n) is 2.54. The van der Waals surface area contributed by atoms with Crippen LogP contribution in [0.1, 0.15) is 29.8 Å². The van der Waals surface area contributed by atoms with E-state index in [1.807, 2.05) is 0 Å². The second kappa shape index (κ2) is 9.16.